The molecule has 1 aromatic carbocycles. The Bertz CT molecular complexity index is 476. The average molecular weight is 273 g/mol. The molecular formula is C17H23NO2. The van der Waals surface area contributed by atoms with Crippen LogP contribution in [0.1, 0.15) is 56.6 Å². The Morgan fingerprint density at radius 3 is 2.60 bits per heavy atom. The summed E-state index contributed by atoms with van der Waals surface area (Å²) >= 11 is 0. The van der Waals surface area contributed by atoms with Gasteiger partial charge in [0.2, 0.25) is 5.91 Å². The van der Waals surface area contributed by atoms with E-state index in [1.54, 1.807) is 6.92 Å². The molecule has 20 heavy (non-hydrogen) atoms. The molecule has 1 aliphatic carbocycles. The molecule has 1 N–H and O–H groups in total. The van der Waals surface area contributed by atoms with E-state index in [2.05, 4.69) is 17.4 Å². The van der Waals surface area contributed by atoms with E-state index in [1.807, 2.05) is 12.1 Å². The third-order valence-corrected chi connectivity index (χ3v) is 4.19. The van der Waals surface area contributed by atoms with Crippen molar-refractivity contribution in [3.8, 4) is 0 Å². The van der Waals surface area contributed by atoms with Gasteiger partial charge in [-0.2, -0.15) is 0 Å². The molecule has 1 amide bonds. The fourth-order valence-electron chi connectivity index (χ4n) is 3.37. The van der Waals surface area contributed by atoms with Crippen LogP contribution in [0.2, 0.25) is 0 Å². The van der Waals surface area contributed by atoms with Crippen LogP contribution < -0.4 is 5.32 Å². The summed E-state index contributed by atoms with van der Waals surface area (Å²) in [7, 11) is 0. The molecule has 108 valence electrons. The number of hydrogen-bond donors (Lipinski definition) is 1. The number of rotatable bonds is 5. The Morgan fingerprint density at radius 2 is 1.95 bits per heavy atom. The molecule has 1 aromatic rings. The van der Waals surface area contributed by atoms with Crippen molar-refractivity contribution >= 4 is 12.2 Å². The van der Waals surface area contributed by atoms with Gasteiger partial charge in [0, 0.05) is 13.3 Å². The second-order valence-electron chi connectivity index (χ2n) is 5.69. The lowest BCUT2D eigenvalue weighted by molar-refractivity contribution is -0.121. The summed E-state index contributed by atoms with van der Waals surface area (Å²) in [6, 6.07) is 8.23. The van der Waals surface area contributed by atoms with Gasteiger partial charge < -0.3 is 10.1 Å². The fraction of sp³-hybridized carbons (Fsp3) is 0.529. The van der Waals surface area contributed by atoms with E-state index >= 15 is 0 Å². The molecule has 0 atom stereocenters. The molecule has 0 aromatic heterocycles. The minimum Gasteiger partial charge on any atom is -0.347 e. The summed E-state index contributed by atoms with van der Waals surface area (Å²) in [5, 5.41) is 3.20. The minimum atomic E-state index is -0.233. The van der Waals surface area contributed by atoms with Crippen molar-refractivity contribution in [3.05, 3.63) is 35.4 Å². The number of carbonyl (C=O) groups excluding carboxylic acids is 2. The van der Waals surface area contributed by atoms with Crippen molar-refractivity contribution in [2.75, 3.05) is 0 Å². The van der Waals surface area contributed by atoms with Gasteiger partial charge in [-0.05, 0) is 30.4 Å². The van der Waals surface area contributed by atoms with Gasteiger partial charge in [-0.15, -0.1) is 0 Å². The van der Waals surface area contributed by atoms with Crippen molar-refractivity contribution in [1.29, 1.82) is 0 Å². The lowest BCUT2D eigenvalue weighted by Crippen LogP contribution is -2.47. The SMILES string of the molecule is CC(=O)NC1(c2ccccc2CCC=O)CCCCC1. The molecule has 0 spiro atoms. The van der Waals surface area contributed by atoms with Crippen molar-refractivity contribution in [1.82, 2.24) is 5.32 Å². The van der Waals surface area contributed by atoms with Gasteiger partial charge in [0.25, 0.3) is 0 Å². The first-order valence-electron chi connectivity index (χ1n) is 7.49. The Labute approximate surface area is 120 Å². The zero-order valence-corrected chi connectivity index (χ0v) is 12.2. The van der Waals surface area contributed by atoms with Gasteiger partial charge in [-0.3, -0.25) is 4.79 Å². The summed E-state index contributed by atoms with van der Waals surface area (Å²) in [4.78, 5) is 22.3. The first kappa shape index (κ1) is 14.8. The van der Waals surface area contributed by atoms with E-state index in [1.165, 1.54) is 17.5 Å². The van der Waals surface area contributed by atoms with Crippen LogP contribution in [0.5, 0.6) is 0 Å². The van der Waals surface area contributed by atoms with Crippen LogP contribution >= 0.6 is 0 Å². The van der Waals surface area contributed by atoms with Crippen LogP contribution in [-0.2, 0) is 21.5 Å². The highest BCUT2D eigenvalue weighted by molar-refractivity contribution is 5.74. The molecule has 0 radical (unpaired) electrons. The van der Waals surface area contributed by atoms with E-state index in [9.17, 15) is 9.59 Å². The molecule has 1 saturated carbocycles. The second kappa shape index (κ2) is 6.69. The van der Waals surface area contributed by atoms with Crippen molar-refractivity contribution in [2.45, 2.75) is 57.4 Å². The van der Waals surface area contributed by atoms with Gasteiger partial charge in [-0.25, -0.2) is 0 Å². The second-order valence-corrected chi connectivity index (χ2v) is 5.69. The molecule has 0 saturated heterocycles. The molecule has 3 heteroatoms. The van der Waals surface area contributed by atoms with Crippen LogP contribution in [0.3, 0.4) is 0 Å². The van der Waals surface area contributed by atoms with E-state index in [0.717, 1.165) is 38.4 Å². The third-order valence-electron chi connectivity index (χ3n) is 4.19. The maximum atomic E-state index is 11.6. The molecule has 0 bridgehead atoms. The number of benzene rings is 1. The van der Waals surface area contributed by atoms with E-state index in [4.69, 9.17) is 0 Å². The average Bonchev–Trinajstić information content (AvgIpc) is 2.45. The largest absolute Gasteiger partial charge is 0.347 e. The summed E-state index contributed by atoms with van der Waals surface area (Å²) < 4.78 is 0. The van der Waals surface area contributed by atoms with Crippen molar-refractivity contribution in [3.63, 3.8) is 0 Å². The molecule has 0 heterocycles. The number of amides is 1. The first-order chi connectivity index (χ1) is 9.68. The van der Waals surface area contributed by atoms with Gasteiger partial charge in [0.1, 0.15) is 6.29 Å². The predicted octanol–water partition coefficient (Wildman–Crippen LogP) is 3.11. The number of aldehydes is 1. The van der Waals surface area contributed by atoms with Gasteiger partial charge >= 0.3 is 0 Å². The Morgan fingerprint density at radius 1 is 1.25 bits per heavy atom. The van der Waals surface area contributed by atoms with E-state index < -0.39 is 0 Å². The zero-order chi connectivity index (χ0) is 14.4. The lowest BCUT2D eigenvalue weighted by Gasteiger charge is -2.39. The van der Waals surface area contributed by atoms with Gasteiger partial charge in [0.15, 0.2) is 0 Å². The highest BCUT2D eigenvalue weighted by atomic mass is 16.1. The fourth-order valence-corrected chi connectivity index (χ4v) is 3.37. The first-order valence-corrected chi connectivity index (χ1v) is 7.49. The summed E-state index contributed by atoms with van der Waals surface area (Å²) in [6.07, 6.45) is 7.74. The van der Waals surface area contributed by atoms with Crippen LogP contribution in [0.4, 0.5) is 0 Å². The van der Waals surface area contributed by atoms with Crippen molar-refractivity contribution in [2.24, 2.45) is 0 Å². The highest BCUT2D eigenvalue weighted by Gasteiger charge is 2.35. The number of nitrogens with one attached hydrogen (secondary N) is 1. The Kier molecular flexibility index (Phi) is 4.94. The van der Waals surface area contributed by atoms with Crippen molar-refractivity contribution < 1.29 is 9.59 Å². The molecule has 1 aliphatic rings. The molecule has 1 fully saturated rings. The number of aryl methyl sites for hydroxylation is 1. The smallest absolute Gasteiger partial charge is 0.217 e. The van der Waals surface area contributed by atoms with E-state index in [-0.39, 0.29) is 11.4 Å². The molecule has 2 rings (SSSR count). The quantitative estimate of drug-likeness (QED) is 0.838. The molecule has 0 unspecified atom stereocenters. The van der Waals surface area contributed by atoms with Gasteiger partial charge in [-0.1, -0.05) is 43.5 Å². The Balaban J connectivity index is 2.37. The van der Waals surface area contributed by atoms with Crippen LogP contribution in [0, 0.1) is 0 Å². The third kappa shape index (κ3) is 3.27. The number of carbonyl (C=O) groups is 2. The maximum Gasteiger partial charge on any atom is 0.217 e. The summed E-state index contributed by atoms with van der Waals surface area (Å²) in [6.45, 7) is 1.59. The lowest BCUT2D eigenvalue weighted by atomic mass is 9.74. The van der Waals surface area contributed by atoms with E-state index in [0.29, 0.717) is 6.42 Å². The zero-order valence-electron chi connectivity index (χ0n) is 12.2. The highest BCUT2D eigenvalue weighted by Crippen LogP contribution is 2.39. The summed E-state index contributed by atoms with van der Waals surface area (Å²) in [5.41, 5.74) is 2.16. The number of hydrogen-bond acceptors (Lipinski definition) is 2. The molecule has 3 nitrogen and oxygen atoms in total. The topological polar surface area (TPSA) is 46.2 Å². The predicted molar refractivity (Wildman–Crippen MR) is 79.4 cm³/mol. The molecular weight excluding hydrogens is 250 g/mol. The Hall–Kier alpha value is -1.64. The molecule has 0 aliphatic heterocycles. The minimum absolute atomic E-state index is 0.0251. The van der Waals surface area contributed by atoms with Crippen LogP contribution in [-0.4, -0.2) is 12.2 Å². The standard InChI is InChI=1S/C17H23NO2/c1-14(20)18-17(11-5-2-6-12-17)16-10-4-3-8-15(16)9-7-13-19/h3-4,8,10,13H,2,5-7,9,11-12H2,1H3,(H,18,20). The van der Waals surface area contributed by atoms with Gasteiger partial charge in [0.05, 0.1) is 5.54 Å². The van der Waals surface area contributed by atoms with Crippen LogP contribution in [0.25, 0.3) is 0 Å². The normalized spacial score (nSPS) is 17.4. The monoisotopic (exact) mass is 273 g/mol. The van der Waals surface area contributed by atoms with Crippen LogP contribution in [0.15, 0.2) is 24.3 Å². The maximum absolute atomic E-state index is 11.6. The summed E-state index contributed by atoms with van der Waals surface area (Å²) in [5.74, 6) is 0.0251.